The molecule has 4 aromatic carbocycles. The number of hydrogen-bond donors (Lipinski definition) is 1. The van der Waals surface area contributed by atoms with Crippen molar-refractivity contribution < 1.29 is 24.1 Å². The van der Waals surface area contributed by atoms with Crippen LogP contribution in [-0.2, 0) is 26.2 Å². The summed E-state index contributed by atoms with van der Waals surface area (Å²) in [5, 5.41) is 28.4. The summed E-state index contributed by atoms with van der Waals surface area (Å²) in [4.78, 5) is 13.0. The third kappa shape index (κ3) is 11.1. The fourth-order valence-corrected chi connectivity index (χ4v) is 5.93. The van der Waals surface area contributed by atoms with Gasteiger partial charge in [-0.25, -0.2) is 9.97 Å². The van der Waals surface area contributed by atoms with Crippen molar-refractivity contribution in [1.82, 2.24) is 9.97 Å². The summed E-state index contributed by atoms with van der Waals surface area (Å²) in [6, 6.07) is 39.1. The van der Waals surface area contributed by atoms with Crippen LogP contribution in [-0.4, -0.2) is 43.5 Å². The number of nitrogens with zero attached hydrogens (tertiary/aromatic N) is 6. The average Bonchev–Trinajstić information content (AvgIpc) is 3.25. The van der Waals surface area contributed by atoms with Crippen molar-refractivity contribution >= 4 is 27.6 Å². The van der Waals surface area contributed by atoms with E-state index in [2.05, 4.69) is 36.9 Å². The Bertz CT molecular complexity index is 2000. The number of rotatable bonds is 14. The summed E-state index contributed by atoms with van der Waals surface area (Å²) in [6.45, 7) is 2.46. The van der Waals surface area contributed by atoms with Crippen LogP contribution in [0.15, 0.2) is 126 Å². The van der Waals surface area contributed by atoms with Crippen LogP contribution in [0.3, 0.4) is 0 Å². The van der Waals surface area contributed by atoms with Gasteiger partial charge in [-0.2, -0.15) is 10.5 Å². The number of anilines is 2. The number of nitriles is 2. The van der Waals surface area contributed by atoms with E-state index in [0.29, 0.717) is 42.0 Å². The van der Waals surface area contributed by atoms with Gasteiger partial charge in [0.2, 0.25) is 0 Å². The van der Waals surface area contributed by atoms with Crippen molar-refractivity contribution in [2.45, 2.75) is 26.2 Å². The summed E-state index contributed by atoms with van der Waals surface area (Å²) in [5.41, 5.74) is 5.14. The lowest BCUT2D eigenvalue weighted by molar-refractivity contribution is 0.414. The number of aromatic hydroxyl groups is 1. The third-order valence-electron chi connectivity index (χ3n) is 8.73. The predicted molar refractivity (Wildman–Crippen MR) is 219 cm³/mol. The first-order valence-corrected chi connectivity index (χ1v) is 18.2. The summed E-state index contributed by atoms with van der Waals surface area (Å²) >= 11 is 3.37. The number of methoxy groups -OCH3 is 4. The van der Waals surface area contributed by atoms with E-state index in [1.807, 2.05) is 108 Å². The molecule has 6 aromatic rings. The zero-order valence-corrected chi connectivity index (χ0v) is 33.1. The molecule has 0 saturated heterocycles. The van der Waals surface area contributed by atoms with Gasteiger partial charge in [0.15, 0.2) is 5.75 Å². The molecule has 1 N–H and O–H groups in total. The molecule has 56 heavy (non-hydrogen) atoms. The molecule has 2 heterocycles. The zero-order valence-electron chi connectivity index (χ0n) is 31.5. The quantitative estimate of drug-likeness (QED) is 0.113. The summed E-state index contributed by atoms with van der Waals surface area (Å²) in [6.07, 6.45) is 2.98. The number of benzene rings is 4. The summed E-state index contributed by atoms with van der Waals surface area (Å²) in [5.74, 6) is 4.45. The maximum atomic E-state index is 9.78. The highest BCUT2D eigenvalue weighted by molar-refractivity contribution is 9.10. The van der Waals surface area contributed by atoms with Gasteiger partial charge in [0.05, 0.1) is 50.2 Å². The molecule has 2 aromatic heterocycles. The maximum absolute atomic E-state index is 9.78. The molecule has 0 fully saturated rings. The minimum atomic E-state index is -0.125. The first-order chi connectivity index (χ1) is 27.2. The van der Waals surface area contributed by atoms with E-state index in [-0.39, 0.29) is 11.3 Å². The van der Waals surface area contributed by atoms with Gasteiger partial charge in [-0.15, -0.1) is 0 Å². The number of halogens is 1. The van der Waals surface area contributed by atoms with Crippen LogP contribution in [0.4, 0.5) is 11.6 Å². The Labute approximate surface area is 335 Å². The van der Waals surface area contributed by atoms with Gasteiger partial charge in [0, 0.05) is 38.4 Å². The van der Waals surface area contributed by atoms with Crippen molar-refractivity contribution in [1.29, 1.82) is 10.5 Å². The molecule has 0 aliphatic heterocycles. The van der Waals surface area contributed by atoms with E-state index in [1.54, 1.807) is 46.8 Å². The van der Waals surface area contributed by atoms with Gasteiger partial charge < -0.3 is 33.9 Å². The van der Waals surface area contributed by atoms with E-state index in [9.17, 15) is 15.6 Å². The van der Waals surface area contributed by atoms with Gasteiger partial charge >= 0.3 is 0 Å². The number of hydrogen-bond acceptors (Lipinski definition) is 11. The Morgan fingerprint density at radius 3 is 1.12 bits per heavy atom. The summed E-state index contributed by atoms with van der Waals surface area (Å²) in [7, 11) is 6.57. The van der Waals surface area contributed by atoms with Crippen LogP contribution in [0, 0.1) is 22.7 Å². The SMILES string of the molecule is COc1ccc(CN(Cc2ccc(OC)cc2)c2cc(C#N)c(Br)cn2)cc1.COc1ccc(CN(Cc2ccc(OC)cc2)c2cc(C#N)c(O)cn2)cc1. The zero-order chi connectivity index (χ0) is 39.9. The lowest BCUT2D eigenvalue weighted by Crippen LogP contribution is -2.23. The molecule has 6 rings (SSSR count). The Balaban J connectivity index is 0.000000214. The molecule has 0 bridgehead atoms. The highest BCUT2D eigenvalue weighted by Gasteiger charge is 2.15. The van der Waals surface area contributed by atoms with E-state index in [1.165, 1.54) is 6.20 Å². The fraction of sp³-hybridized carbons (Fsp3) is 0.182. The molecule has 12 heteroatoms. The van der Waals surface area contributed by atoms with Crippen LogP contribution >= 0.6 is 15.9 Å². The van der Waals surface area contributed by atoms with E-state index < -0.39 is 0 Å². The summed E-state index contributed by atoms with van der Waals surface area (Å²) < 4.78 is 21.6. The molecule has 0 amide bonds. The second-order valence-electron chi connectivity index (χ2n) is 12.4. The first kappa shape index (κ1) is 40.4. The second-order valence-corrected chi connectivity index (χ2v) is 13.3. The van der Waals surface area contributed by atoms with Crippen LogP contribution in [0.25, 0.3) is 0 Å². The Hall–Kier alpha value is -6.76. The van der Waals surface area contributed by atoms with Crippen LogP contribution < -0.4 is 28.7 Å². The van der Waals surface area contributed by atoms with Crippen molar-refractivity contribution in [3.63, 3.8) is 0 Å². The molecule has 11 nitrogen and oxygen atoms in total. The molecule has 0 spiro atoms. The van der Waals surface area contributed by atoms with Gasteiger partial charge in [0.1, 0.15) is 46.8 Å². The molecule has 0 atom stereocenters. The lowest BCUT2D eigenvalue weighted by atomic mass is 10.1. The number of pyridine rings is 2. The molecule has 0 radical (unpaired) electrons. The second kappa shape index (κ2) is 20.1. The minimum absolute atomic E-state index is 0.125. The van der Waals surface area contributed by atoms with Gasteiger partial charge in [0.25, 0.3) is 0 Å². The molecule has 0 aliphatic carbocycles. The van der Waals surface area contributed by atoms with E-state index >= 15 is 0 Å². The standard InChI is InChI=1S/C22H20BrN3O2.C22H21N3O3/c1-27-19-7-3-16(4-8-19)14-26(15-17-5-9-20(28-2)10-6-17)22-11-18(12-24)21(23)13-25-22;1-27-19-7-3-16(4-8-19)14-25(15-17-5-9-20(28-2)10-6-17)22-11-18(12-23)21(26)13-24-22/h3-11,13H,14-15H2,1-2H3;3-11,13,26H,14-15H2,1-2H3. The smallest absolute Gasteiger partial charge is 0.151 e. The molecular formula is C44H41BrN6O5. The van der Waals surface area contributed by atoms with Crippen molar-refractivity contribution in [3.8, 4) is 40.9 Å². The Morgan fingerprint density at radius 2 is 0.821 bits per heavy atom. The van der Waals surface area contributed by atoms with Gasteiger partial charge in [-0.3, -0.25) is 0 Å². The Morgan fingerprint density at radius 1 is 0.518 bits per heavy atom. The van der Waals surface area contributed by atoms with E-state index in [4.69, 9.17) is 18.9 Å². The number of aromatic nitrogens is 2. The monoisotopic (exact) mass is 812 g/mol. The van der Waals surface area contributed by atoms with E-state index in [0.717, 1.165) is 51.1 Å². The molecular weight excluding hydrogens is 772 g/mol. The van der Waals surface area contributed by atoms with Gasteiger partial charge in [-0.05, 0) is 92.8 Å². The molecule has 0 unspecified atom stereocenters. The van der Waals surface area contributed by atoms with Crippen LogP contribution in [0.5, 0.6) is 28.7 Å². The van der Waals surface area contributed by atoms with Crippen LogP contribution in [0.2, 0.25) is 0 Å². The highest BCUT2D eigenvalue weighted by Crippen LogP contribution is 2.27. The number of ether oxygens (including phenoxy) is 4. The van der Waals surface area contributed by atoms with Crippen LogP contribution in [0.1, 0.15) is 33.4 Å². The van der Waals surface area contributed by atoms with Crippen molar-refractivity contribution in [2.75, 3.05) is 38.2 Å². The lowest BCUT2D eigenvalue weighted by Gasteiger charge is -2.24. The highest BCUT2D eigenvalue weighted by atomic mass is 79.9. The normalized spacial score (nSPS) is 10.2. The Kier molecular flexibility index (Phi) is 14.5. The topological polar surface area (TPSA) is 137 Å². The molecule has 0 saturated carbocycles. The molecule has 284 valence electrons. The molecule has 0 aliphatic rings. The largest absolute Gasteiger partial charge is 0.505 e. The minimum Gasteiger partial charge on any atom is -0.505 e. The third-order valence-corrected chi connectivity index (χ3v) is 9.36. The average molecular weight is 814 g/mol. The fourth-order valence-electron chi connectivity index (χ4n) is 5.63. The first-order valence-electron chi connectivity index (χ1n) is 17.4. The van der Waals surface area contributed by atoms with Crippen molar-refractivity contribution in [3.05, 3.63) is 159 Å². The van der Waals surface area contributed by atoms with Gasteiger partial charge in [-0.1, -0.05) is 48.5 Å². The maximum Gasteiger partial charge on any atom is 0.151 e. The van der Waals surface area contributed by atoms with Crippen molar-refractivity contribution in [2.24, 2.45) is 0 Å². The predicted octanol–water partition coefficient (Wildman–Crippen LogP) is 8.82.